The number of fused-ring (bicyclic) bond motifs is 4. The van der Waals surface area contributed by atoms with Crippen molar-refractivity contribution in [3.8, 4) is 33.6 Å². The van der Waals surface area contributed by atoms with Crippen LogP contribution in [0.4, 0.5) is 9.59 Å². The lowest BCUT2D eigenvalue weighted by Crippen LogP contribution is -2.51. The molecule has 0 spiro atoms. The van der Waals surface area contributed by atoms with Crippen LogP contribution in [0.1, 0.15) is 98.8 Å². The Bertz CT molecular complexity index is 2710. The molecule has 9 rings (SSSR count). The van der Waals surface area contributed by atoms with Gasteiger partial charge in [-0.15, -0.1) is 0 Å². The third-order valence-electron chi connectivity index (χ3n) is 13.5. The predicted octanol–water partition coefficient (Wildman–Crippen LogP) is 9.37. The smallest absolute Gasteiger partial charge is 0.407 e. The van der Waals surface area contributed by atoms with Crippen molar-refractivity contribution in [2.45, 2.75) is 89.3 Å². The number of nitrogens with one attached hydrogen (secondary N) is 4. The SMILES string of the molecule is COC(=O)N[C@H](C(=O)N1CCC[C@H]1c1nc2c([nH]1)CCc1cc(-c3ccc4cc(-c5cnc(C6CCCCC6C(=O)[C@H](NC(=O)OC)c6ccccc6)[nH]5)ccc4c3)ccc1-2)C(C)C. The monoisotopic (exact) mass is 861 g/mol. The van der Waals surface area contributed by atoms with Crippen LogP contribution in [-0.4, -0.2) is 75.5 Å². The molecule has 3 aliphatic rings. The molecule has 3 amide bonds. The maximum absolute atomic E-state index is 14.2. The minimum Gasteiger partial charge on any atom is -0.453 e. The third kappa shape index (κ3) is 8.38. The third-order valence-corrected chi connectivity index (χ3v) is 13.5. The maximum Gasteiger partial charge on any atom is 0.407 e. The molecule has 2 aliphatic carbocycles. The standard InChI is InChI=1S/C51H55N7O6/c1-29(2)43(56-50(61)63-3)49(60)58-24-10-15-42(58)48-53-40-23-21-35-26-34(20-22-37(35)45(40)55-48)31-16-17-33-27-36(19-18-32(33)25-31)41-28-52-47(54-41)39-14-9-8-13-38(39)46(59)44(57-51(62)64-4)30-11-6-5-7-12-30/h5-7,11-12,16-20,22,25-29,38-39,42-44H,8-10,13-15,21,23-24H2,1-4H3,(H,52,54)(H,53,55)(H,56,61)(H,57,62)/t38?,39?,42-,43-,44+/m0/s1. The van der Waals surface area contributed by atoms with Gasteiger partial charge in [0.2, 0.25) is 5.91 Å². The highest BCUT2D eigenvalue weighted by molar-refractivity contribution is 5.92. The van der Waals surface area contributed by atoms with Crippen LogP contribution in [0, 0.1) is 11.8 Å². The van der Waals surface area contributed by atoms with Gasteiger partial charge in [-0.05, 0) is 89.6 Å². The Morgan fingerprint density at radius 2 is 1.45 bits per heavy atom. The van der Waals surface area contributed by atoms with Crippen molar-refractivity contribution in [3.63, 3.8) is 0 Å². The summed E-state index contributed by atoms with van der Waals surface area (Å²) in [5.41, 5.74) is 9.29. The number of ketones is 1. The average molecular weight is 862 g/mol. The Morgan fingerprint density at radius 3 is 2.22 bits per heavy atom. The predicted molar refractivity (Wildman–Crippen MR) is 244 cm³/mol. The Morgan fingerprint density at radius 1 is 0.750 bits per heavy atom. The van der Waals surface area contributed by atoms with Gasteiger partial charge in [0, 0.05) is 35.2 Å². The fourth-order valence-electron chi connectivity index (χ4n) is 10.1. The molecular weight excluding hydrogens is 807 g/mol. The molecule has 330 valence electrons. The van der Waals surface area contributed by atoms with Crippen molar-refractivity contribution in [1.82, 2.24) is 35.5 Å². The molecule has 5 atom stereocenters. The summed E-state index contributed by atoms with van der Waals surface area (Å²) in [7, 11) is 2.61. The molecule has 3 heterocycles. The summed E-state index contributed by atoms with van der Waals surface area (Å²) in [6.45, 7) is 4.45. The van der Waals surface area contributed by atoms with E-state index < -0.39 is 24.3 Å². The largest absolute Gasteiger partial charge is 0.453 e. The number of aromatic amines is 2. The topological polar surface area (TPSA) is 171 Å². The maximum atomic E-state index is 14.2. The summed E-state index contributed by atoms with van der Waals surface area (Å²) >= 11 is 0. The number of carbonyl (C=O) groups excluding carboxylic acids is 4. The van der Waals surface area contributed by atoms with Crippen LogP contribution in [0.3, 0.4) is 0 Å². The number of alkyl carbamates (subject to hydrolysis) is 2. The second-order valence-electron chi connectivity index (χ2n) is 17.7. The summed E-state index contributed by atoms with van der Waals surface area (Å²) in [4.78, 5) is 71.4. The van der Waals surface area contributed by atoms with Crippen molar-refractivity contribution in [1.29, 1.82) is 0 Å². The van der Waals surface area contributed by atoms with E-state index in [9.17, 15) is 19.2 Å². The van der Waals surface area contributed by atoms with Crippen LogP contribution < -0.4 is 10.6 Å². The molecule has 1 aliphatic heterocycles. The second kappa shape index (κ2) is 18.1. The van der Waals surface area contributed by atoms with Gasteiger partial charge in [0.25, 0.3) is 0 Å². The molecule has 6 aromatic rings. The van der Waals surface area contributed by atoms with Crippen LogP contribution in [-0.2, 0) is 31.9 Å². The molecule has 4 aromatic carbocycles. The summed E-state index contributed by atoms with van der Waals surface area (Å²) < 4.78 is 9.70. The first-order valence-electron chi connectivity index (χ1n) is 22.5. The lowest BCUT2D eigenvalue weighted by molar-refractivity contribution is -0.135. The first-order valence-corrected chi connectivity index (χ1v) is 22.5. The molecule has 0 bridgehead atoms. The van der Waals surface area contributed by atoms with E-state index in [-0.39, 0.29) is 35.5 Å². The molecule has 0 radical (unpaired) electrons. The highest BCUT2D eigenvalue weighted by atomic mass is 16.5. The number of carbonyl (C=O) groups is 4. The minimum absolute atomic E-state index is 0.0337. The zero-order chi connectivity index (χ0) is 44.5. The van der Waals surface area contributed by atoms with E-state index in [4.69, 9.17) is 19.4 Å². The first kappa shape index (κ1) is 42.5. The molecule has 2 unspecified atom stereocenters. The fourth-order valence-corrected chi connectivity index (χ4v) is 10.1. The number of hydrogen-bond acceptors (Lipinski definition) is 8. The van der Waals surface area contributed by atoms with Crippen LogP contribution in [0.2, 0.25) is 0 Å². The van der Waals surface area contributed by atoms with E-state index >= 15 is 0 Å². The van der Waals surface area contributed by atoms with Gasteiger partial charge in [-0.25, -0.2) is 19.6 Å². The van der Waals surface area contributed by atoms with Gasteiger partial charge >= 0.3 is 12.2 Å². The van der Waals surface area contributed by atoms with E-state index in [0.29, 0.717) is 6.54 Å². The van der Waals surface area contributed by atoms with E-state index in [1.54, 1.807) is 0 Å². The number of imidazole rings is 2. The number of aryl methyl sites for hydroxylation is 2. The Labute approximate surface area is 372 Å². The molecule has 2 aromatic heterocycles. The number of benzene rings is 4. The lowest BCUT2D eigenvalue weighted by Gasteiger charge is -2.32. The van der Waals surface area contributed by atoms with Gasteiger partial charge in [0.05, 0.1) is 37.8 Å². The number of methoxy groups -OCH3 is 2. The number of H-pyrrole nitrogens is 2. The van der Waals surface area contributed by atoms with Gasteiger partial charge in [0.1, 0.15) is 23.7 Å². The van der Waals surface area contributed by atoms with E-state index in [1.807, 2.05) is 55.3 Å². The number of likely N-dealkylation sites (tertiary alicyclic amines) is 1. The number of nitrogens with zero attached hydrogens (tertiary/aromatic N) is 3. The second-order valence-corrected chi connectivity index (χ2v) is 17.7. The fraction of sp³-hybridized carbons (Fsp3) is 0.373. The Kier molecular flexibility index (Phi) is 12.1. The quantitative estimate of drug-likeness (QED) is 0.0998. The Hall–Kier alpha value is -6.76. The molecular formula is C51H55N7O6. The van der Waals surface area contributed by atoms with Gasteiger partial charge in [-0.3, -0.25) is 9.59 Å². The number of ether oxygens (including phenoxy) is 2. The zero-order valence-corrected chi connectivity index (χ0v) is 36.8. The molecule has 2 fully saturated rings. The van der Waals surface area contributed by atoms with Crippen LogP contribution in [0.15, 0.2) is 91.1 Å². The highest BCUT2D eigenvalue weighted by Crippen LogP contribution is 2.42. The van der Waals surface area contributed by atoms with Crippen LogP contribution in [0.25, 0.3) is 44.4 Å². The summed E-state index contributed by atoms with van der Waals surface area (Å²) in [6, 6.07) is 27.3. The van der Waals surface area contributed by atoms with Crippen LogP contribution in [0.5, 0.6) is 0 Å². The van der Waals surface area contributed by atoms with E-state index in [1.165, 1.54) is 19.8 Å². The number of amides is 3. The lowest BCUT2D eigenvalue weighted by atomic mass is 9.74. The summed E-state index contributed by atoms with van der Waals surface area (Å²) in [5.74, 6) is 0.922. The zero-order valence-electron chi connectivity index (χ0n) is 36.8. The number of hydrogen-bond donors (Lipinski definition) is 4. The van der Waals surface area contributed by atoms with Crippen molar-refractivity contribution in [2.24, 2.45) is 11.8 Å². The van der Waals surface area contributed by atoms with Gasteiger partial charge in [-0.2, -0.15) is 0 Å². The summed E-state index contributed by atoms with van der Waals surface area (Å²) in [6.07, 6.45) is 7.47. The number of Topliss-reactive ketones (excluding diaryl/α,β-unsaturated/α-hetero) is 1. The highest BCUT2D eigenvalue weighted by Gasteiger charge is 2.40. The van der Waals surface area contributed by atoms with Crippen molar-refractivity contribution < 1.29 is 28.7 Å². The number of aromatic nitrogens is 4. The molecule has 64 heavy (non-hydrogen) atoms. The molecule has 4 N–H and O–H groups in total. The molecule has 1 saturated heterocycles. The number of rotatable bonds is 11. The van der Waals surface area contributed by atoms with E-state index in [0.717, 1.165) is 119 Å². The molecule has 13 heteroatoms. The van der Waals surface area contributed by atoms with Gasteiger partial charge in [-0.1, -0.05) is 99.5 Å². The van der Waals surface area contributed by atoms with Gasteiger partial charge < -0.3 is 35.0 Å². The first-order chi connectivity index (χ1) is 31.1. The summed E-state index contributed by atoms with van der Waals surface area (Å²) in [5, 5.41) is 7.75. The van der Waals surface area contributed by atoms with Crippen molar-refractivity contribution >= 4 is 34.6 Å². The van der Waals surface area contributed by atoms with Gasteiger partial charge in [0.15, 0.2) is 5.78 Å². The molecule has 1 saturated carbocycles. The molecule has 13 nitrogen and oxygen atoms in total. The normalized spacial score (nSPS) is 19.1. The van der Waals surface area contributed by atoms with E-state index in [2.05, 4.69) is 75.2 Å². The van der Waals surface area contributed by atoms with Crippen molar-refractivity contribution in [3.05, 3.63) is 120 Å². The van der Waals surface area contributed by atoms with Crippen molar-refractivity contribution in [2.75, 3.05) is 20.8 Å². The van der Waals surface area contributed by atoms with Crippen LogP contribution >= 0.6 is 0 Å². The average Bonchev–Trinajstić information content (AvgIpc) is 4.13. The Balaban J connectivity index is 0.912. The minimum atomic E-state index is -0.811.